The van der Waals surface area contributed by atoms with Crippen LogP contribution in [0.1, 0.15) is 36.8 Å². The van der Waals surface area contributed by atoms with E-state index in [9.17, 15) is 13.2 Å². The van der Waals surface area contributed by atoms with E-state index in [0.29, 0.717) is 18.4 Å². The highest BCUT2D eigenvalue weighted by molar-refractivity contribution is 8.15. The van der Waals surface area contributed by atoms with Crippen molar-refractivity contribution in [1.82, 2.24) is 4.90 Å². The fourth-order valence-electron chi connectivity index (χ4n) is 5.56. The average Bonchev–Trinajstić information content (AvgIpc) is 3.36. The number of amidine groups is 1. The van der Waals surface area contributed by atoms with E-state index in [2.05, 4.69) is 9.89 Å². The van der Waals surface area contributed by atoms with Crippen LogP contribution in [0.5, 0.6) is 0 Å². The summed E-state index contributed by atoms with van der Waals surface area (Å²) in [6.45, 7) is 2.03. The minimum absolute atomic E-state index is 0.00900. The molecular weight excluding hydrogens is 392 g/mol. The molecule has 2 saturated carbocycles. The standard InChI is InChI=1S/C21H26N2O3S2/c1-13-2-4-14(5-3-13)10-20(24)22-21-23(17-9-15-6-7-16(17)8-15)18-11-28(25,26)12-19(18)27-21/h2-5,15-19H,6-12H2,1H3/t15-,16-,17+,18-,19+/m0/s1. The summed E-state index contributed by atoms with van der Waals surface area (Å²) in [7, 11) is -2.99. The van der Waals surface area contributed by atoms with Crippen LogP contribution in [-0.2, 0) is 21.1 Å². The van der Waals surface area contributed by atoms with Gasteiger partial charge in [0.15, 0.2) is 15.0 Å². The normalized spacial score (nSPS) is 37.0. The predicted molar refractivity (Wildman–Crippen MR) is 112 cm³/mol. The van der Waals surface area contributed by atoms with E-state index < -0.39 is 9.84 Å². The van der Waals surface area contributed by atoms with Crippen LogP contribution in [-0.4, -0.2) is 53.2 Å². The Bertz CT molecular complexity index is 925. The molecule has 4 aliphatic rings. The van der Waals surface area contributed by atoms with Crippen LogP contribution in [0.3, 0.4) is 0 Å². The Labute approximate surface area is 170 Å². The number of amides is 1. The summed E-state index contributed by atoms with van der Waals surface area (Å²) in [4.78, 5) is 19.4. The summed E-state index contributed by atoms with van der Waals surface area (Å²) >= 11 is 1.52. The number of fused-ring (bicyclic) bond motifs is 3. The van der Waals surface area contributed by atoms with Crippen molar-refractivity contribution in [2.75, 3.05) is 11.5 Å². The molecule has 0 unspecified atom stereocenters. The maximum atomic E-state index is 12.7. The summed E-state index contributed by atoms with van der Waals surface area (Å²) in [5.41, 5.74) is 2.14. The van der Waals surface area contributed by atoms with Crippen LogP contribution in [0.25, 0.3) is 0 Å². The number of benzene rings is 1. The molecule has 150 valence electrons. The van der Waals surface area contributed by atoms with Gasteiger partial charge in [0.1, 0.15) is 0 Å². The molecule has 0 spiro atoms. The van der Waals surface area contributed by atoms with Gasteiger partial charge in [-0.2, -0.15) is 4.99 Å². The third-order valence-corrected chi connectivity index (χ3v) is 10.1. The van der Waals surface area contributed by atoms with Gasteiger partial charge in [0.2, 0.25) is 0 Å². The maximum absolute atomic E-state index is 12.7. The fourth-order valence-corrected chi connectivity index (χ4v) is 9.55. The number of aryl methyl sites for hydroxylation is 1. The van der Waals surface area contributed by atoms with Gasteiger partial charge in [0.05, 0.1) is 24.0 Å². The first-order valence-corrected chi connectivity index (χ1v) is 12.9. The molecule has 1 aromatic rings. The highest BCUT2D eigenvalue weighted by atomic mass is 32.2. The van der Waals surface area contributed by atoms with Crippen molar-refractivity contribution in [1.29, 1.82) is 0 Å². The molecule has 0 N–H and O–H groups in total. The molecule has 1 aromatic carbocycles. The molecular formula is C21H26N2O3S2. The summed E-state index contributed by atoms with van der Waals surface area (Å²) in [5, 5.41) is 0.801. The lowest BCUT2D eigenvalue weighted by molar-refractivity contribution is -0.117. The number of hydrogen-bond donors (Lipinski definition) is 0. The smallest absolute Gasteiger partial charge is 0.252 e. The molecule has 2 heterocycles. The van der Waals surface area contributed by atoms with Crippen LogP contribution in [0, 0.1) is 18.8 Å². The second-order valence-corrected chi connectivity index (χ2v) is 12.3. The monoisotopic (exact) mass is 418 g/mol. The Morgan fingerprint density at radius 1 is 1.14 bits per heavy atom. The van der Waals surface area contributed by atoms with Crippen molar-refractivity contribution in [2.24, 2.45) is 16.8 Å². The zero-order valence-corrected chi connectivity index (χ0v) is 17.7. The Balaban J connectivity index is 1.40. The molecule has 0 aromatic heterocycles. The molecule has 5 atom stereocenters. The van der Waals surface area contributed by atoms with E-state index in [-0.39, 0.29) is 28.7 Å². The fraction of sp³-hybridized carbons (Fsp3) is 0.619. The number of aliphatic imine (C=N–C) groups is 1. The molecule has 2 bridgehead atoms. The third kappa shape index (κ3) is 3.41. The molecule has 2 saturated heterocycles. The van der Waals surface area contributed by atoms with Gasteiger partial charge in [-0.25, -0.2) is 8.42 Å². The van der Waals surface area contributed by atoms with Crippen molar-refractivity contribution in [2.45, 2.75) is 56.4 Å². The van der Waals surface area contributed by atoms with Gasteiger partial charge < -0.3 is 4.90 Å². The summed E-state index contributed by atoms with van der Waals surface area (Å²) in [5.74, 6) is 1.68. The van der Waals surface area contributed by atoms with Gasteiger partial charge in [0.25, 0.3) is 5.91 Å². The molecule has 5 rings (SSSR count). The Morgan fingerprint density at radius 3 is 2.61 bits per heavy atom. The third-order valence-electron chi connectivity index (χ3n) is 6.86. The van der Waals surface area contributed by atoms with Crippen LogP contribution >= 0.6 is 11.8 Å². The first-order valence-electron chi connectivity index (χ1n) is 10.2. The molecule has 2 aliphatic carbocycles. The number of rotatable bonds is 3. The molecule has 1 amide bonds. The number of sulfone groups is 1. The van der Waals surface area contributed by atoms with Gasteiger partial charge >= 0.3 is 0 Å². The summed E-state index contributed by atoms with van der Waals surface area (Å²) < 4.78 is 24.4. The van der Waals surface area contributed by atoms with Gasteiger partial charge in [-0.05, 0) is 43.6 Å². The number of hydrogen-bond acceptors (Lipinski definition) is 4. The minimum Gasteiger partial charge on any atom is -0.343 e. The molecule has 0 radical (unpaired) electrons. The average molecular weight is 419 g/mol. The first-order chi connectivity index (χ1) is 13.4. The summed E-state index contributed by atoms with van der Waals surface area (Å²) in [6.07, 6.45) is 5.20. The number of carbonyl (C=O) groups is 1. The minimum atomic E-state index is -2.99. The van der Waals surface area contributed by atoms with Crippen molar-refractivity contribution in [3.8, 4) is 0 Å². The lowest BCUT2D eigenvalue weighted by Gasteiger charge is -2.36. The first kappa shape index (κ1) is 18.7. The largest absolute Gasteiger partial charge is 0.343 e. The molecule has 2 aliphatic heterocycles. The second kappa shape index (κ2) is 6.87. The maximum Gasteiger partial charge on any atom is 0.252 e. The highest BCUT2D eigenvalue weighted by Crippen LogP contribution is 2.51. The lowest BCUT2D eigenvalue weighted by atomic mass is 9.93. The van der Waals surface area contributed by atoms with Crippen molar-refractivity contribution >= 4 is 32.7 Å². The zero-order valence-electron chi connectivity index (χ0n) is 16.1. The van der Waals surface area contributed by atoms with Crippen molar-refractivity contribution in [3.63, 3.8) is 0 Å². The Morgan fingerprint density at radius 2 is 1.93 bits per heavy atom. The van der Waals surface area contributed by atoms with E-state index in [1.165, 1.54) is 36.6 Å². The Kier molecular flexibility index (Phi) is 4.58. The summed E-state index contributed by atoms with van der Waals surface area (Å²) in [6, 6.07) is 8.33. The van der Waals surface area contributed by atoms with Gasteiger partial charge in [0, 0.05) is 11.3 Å². The van der Waals surface area contributed by atoms with Gasteiger partial charge in [-0.1, -0.05) is 48.0 Å². The molecule has 4 fully saturated rings. The van der Waals surface area contributed by atoms with Crippen molar-refractivity contribution in [3.05, 3.63) is 35.4 Å². The van der Waals surface area contributed by atoms with Crippen LogP contribution in [0.4, 0.5) is 0 Å². The number of nitrogens with zero attached hydrogens (tertiary/aromatic N) is 2. The van der Waals surface area contributed by atoms with Gasteiger partial charge in [-0.15, -0.1) is 0 Å². The zero-order chi connectivity index (χ0) is 19.5. The van der Waals surface area contributed by atoms with E-state index in [1.807, 2.05) is 31.2 Å². The predicted octanol–water partition coefficient (Wildman–Crippen LogP) is 2.82. The molecule has 5 nitrogen and oxygen atoms in total. The van der Waals surface area contributed by atoms with Crippen LogP contribution in [0.15, 0.2) is 29.3 Å². The molecule has 28 heavy (non-hydrogen) atoms. The molecule has 7 heteroatoms. The van der Waals surface area contributed by atoms with Crippen LogP contribution < -0.4 is 0 Å². The topological polar surface area (TPSA) is 66.8 Å². The lowest BCUT2D eigenvalue weighted by Crippen LogP contribution is -2.47. The van der Waals surface area contributed by atoms with E-state index in [1.54, 1.807) is 0 Å². The van der Waals surface area contributed by atoms with Crippen molar-refractivity contribution < 1.29 is 13.2 Å². The quantitative estimate of drug-likeness (QED) is 0.755. The Hall–Kier alpha value is -1.34. The van der Waals surface area contributed by atoms with E-state index in [4.69, 9.17) is 0 Å². The van der Waals surface area contributed by atoms with Crippen LogP contribution in [0.2, 0.25) is 0 Å². The highest BCUT2D eigenvalue weighted by Gasteiger charge is 2.54. The van der Waals surface area contributed by atoms with E-state index in [0.717, 1.165) is 23.1 Å². The SMILES string of the molecule is Cc1ccc(CC(=O)N=C2S[C@@H]3CS(=O)(=O)C[C@@H]3N2[C@@H]2C[C@H]3CC[C@H]2C3)cc1. The van der Waals surface area contributed by atoms with Gasteiger partial charge in [-0.3, -0.25) is 4.79 Å². The van der Waals surface area contributed by atoms with E-state index >= 15 is 0 Å². The number of thioether (sulfide) groups is 1. The second-order valence-electron chi connectivity index (χ2n) is 8.90. The number of carbonyl (C=O) groups excluding carboxylic acids is 1.